The average molecular weight is 526 g/mol. The summed E-state index contributed by atoms with van der Waals surface area (Å²) in [6, 6.07) is 51.1. The van der Waals surface area contributed by atoms with Crippen LogP contribution in [0.5, 0.6) is 0 Å². The van der Waals surface area contributed by atoms with Crippen molar-refractivity contribution >= 4 is 74.9 Å². The van der Waals surface area contributed by atoms with Gasteiger partial charge >= 0.3 is 0 Å². The lowest BCUT2D eigenvalue weighted by Crippen LogP contribution is -1.94. The van der Waals surface area contributed by atoms with Crippen molar-refractivity contribution in [2.45, 2.75) is 0 Å². The number of nitrogens with zero attached hydrogens (tertiary/aromatic N) is 1. The molecule has 9 rings (SSSR count). The summed E-state index contributed by atoms with van der Waals surface area (Å²) >= 11 is 1.88. The van der Waals surface area contributed by atoms with Gasteiger partial charge in [0.05, 0.1) is 11.0 Å². The quantitative estimate of drug-likeness (QED) is 0.198. The number of para-hydroxylation sites is 1. The molecule has 0 fully saturated rings. The highest BCUT2D eigenvalue weighted by Gasteiger charge is 2.17. The van der Waals surface area contributed by atoms with E-state index in [0.29, 0.717) is 0 Å². The van der Waals surface area contributed by atoms with Crippen LogP contribution in [0.15, 0.2) is 140 Å². The molecular weight excluding hydrogens is 502 g/mol. The molecule has 0 N–H and O–H groups in total. The molecule has 40 heavy (non-hydrogen) atoms. The molecule has 0 aliphatic rings. The SMILES string of the molecule is c1ccc(-c2cccc(-n3c4ccccc4c4c5ccc6c(ccc7sc8ccccc8c76)c5ccc43)c2)cc1. The summed E-state index contributed by atoms with van der Waals surface area (Å²) in [5.74, 6) is 0. The van der Waals surface area contributed by atoms with Gasteiger partial charge in [-0.2, -0.15) is 0 Å². The lowest BCUT2D eigenvalue weighted by Gasteiger charge is -2.11. The molecule has 0 radical (unpaired) electrons. The zero-order chi connectivity index (χ0) is 26.2. The largest absolute Gasteiger partial charge is 0.309 e. The second-order valence-electron chi connectivity index (χ2n) is 10.5. The number of fused-ring (bicyclic) bond motifs is 11. The first-order valence-electron chi connectivity index (χ1n) is 13.7. The second-order valence-corrected chi connectivity index (χ2v) is 11.6. The second kappa shape index (κ2) is 8.29. The number of benzene rings is 7. The van der Waals surface area contributed by atoms with Crippen LogP contribution in [0.2, 0.25) is 0 Å². The molecule has 0 amide bonds. The van der Waals surface area contributed by atoms with Gasteiger partial charge in [-0.1, -0.05) is 103 Å². The first-order chi connectivity index (χ1) is 19.8. The number of rotatable bonds is 2. The lowest BCUT2D eigenvalue weighted by molar-refractivity contribution is 1.18. The number of hydrogen-bond acceptors (Lipinski definition) is 1. The Bertz CT molecular complexity index is 2420. The molecule has 1 nitrogen and oxygen atoms in total. The third kappa shape index (κ3) is 3.03. The van der Waals surface area contributed by atoms with Gasteiger partial charge in [-0.25, -0.2) is 0 Å². The monoisotopic (exact) mass is 525 g/mol. The van der Waals surface area contributed by atoms with E-state index in [-0.39, 0.29) is 0 Å². The van der Waals surface area contributed by atoms with Crippen LogP contribution in [-0.2, 0) is 0 Å². The van der Waals surface area contributed by atoms with Gasteiger partial charge < -0.3 is 4.57 Å². The first-order valence-corrected chi connectivity index (χ1v) is 14.5. The van der Waals surface area contributed by atoms with E-state index in [4.69, 9.17) is 0 Å². The standard InChI is InChI=1S/C38H23NS/c1-2-9-24(10-3-1)25-11-8-12-26(23-25)39-33-15-6-4-13-31(33)37-29-17-18-30-28(27(29)19-21-34(37)39)20-22-36-38(30)32-14-5-7-16-35(32)40-36/h1-23H. The van der Waals surface area contributed by atoms with Crippen LogP contribution in [0.25, 0.3) is 80.3 Å². The Kier molecular flexibility index (Phi) is 4.55. The number of aromatic nitrogens is 1. The zero-order valence-corrected chi connectivity index (χ0v) is 22.5. The van der Waals surface area contributed by atoms with Crippen molar-refractivity contribution in [2.75, 3.05) is 0 Å². The molecular formula is C38H23NS. The highest BCUT2D eigenvalue weighted by Crippen LogP contribution is 2.43. The molecule has 0 atom stereocenters. The molecule has 7 aromatic carbocycles. The minimum Gasteiger partial charge on any atom is -0.309 e. The van der Waals surface area contributed by atoms with Crippen molar-refractivity contribution in [1.29, 1.82) is 0 Å². The smallest absolute Gasteiger partial charge is 0.0547 e. The van der Waals surface area contributed by atoms with E-state index in [9.17, 15) is 0 Å². The zero-order valence-electron chi connectivity index (χ0n) is 21.6. The Morgan fingerprint density at radius 3 is 1.93 bits per heavy atom. The Morgan fingerprint density at radius 2 is 1.05 bits per heavy atom. The van der Waals surface area contributed by atoms with E-state index in [0.717, 1.165) is 0 Å². The average Bonchev–Trinajstić information content (AvgIpc) is 3.57. The van der Waals surface area contributed by atoms with Crippen molar-refractivity contribution in [2.24, 2.45) is 0 Å². The van der Waals surface area contributed by atoms with E-state index in [1.54, 1.807) is 0 Å². The molecule has 0 saturated carbocycles. The van der Waals surface area contributed by atoms with Gasteiger partial charge in [0.1, 0.15) is 0 Å². The summed E-state index contributed by atoms with van der Waals surface area (Å²) in [6.45, 7) is 0. The minimum absolute atomic E-state index is 1.18. The van der Waals surface area contributed by atoms with Gasteiger partial charge in [0.15, 0.2) is 0 Å². The van der Waals surface area contributed by atoms with Crippen molar-refractivity contribution in [1.82, 2.24) is 4.57 Å². The maximum atomic E-state index is 2.43. The Hall–Kier alpha value is -4.92. The van der Waals surface area contributed by atoms with Crippen LogP contribution in [0.1, 0.15) is 0 Å². The fraction of sp³-hybridized carbons (Fsp3) is 0. The van der Waals surface area contributed by atoms with Gasteiger partial charge in [-0.15, -0.1) is 11.3 Å². The summed E-state index contributed by atoms with van der Waals surface area (Å²) in [6.07, 6.45) is 0. The van der Waals surface area contributed by atoms with Gasteiger partial charge in [-0.05, 0) is 69.1 Å². The van der Waals surface area contributed by atoms with E-state index in [2.05, 4.69) is 144 Å². The predicted molar refractivity (Wildman–Crippen MR) is 174 cm³/mol. The highest BCUT2D eigenvalue weighted by molar-refractivity contribution is 7.26. The normalized spacial score (nSPS) is 12.0. The lowest BCUT2D eigenvalue weighted by atomic mass is 9.96. The summed E-state index contributed by atoms with van der Waals surface area (Å²) in [5.41, 5.74) is 6.10. The maximum Gasteiger partial charge on any atom is 0.0547 e. The molecule has 0 spiro atoms. The Balaban J connectivity index is 1.37. The van der Waals surface area contributed by atoms with Gasteiger partial charge in [0.25, 0.3) is 0 Å². The number of hydrogen-bond donors (Lipinski definition) is 0. The first kappa shape index (κ1) is 22.0. The Morgan fingerprint density at radius 1 is 0.375 bits per heavy atom. The van der Waals surface area contributed by atoms with Crippen molar-refractivity contribution in [3.05, 3.63) is 140 Å². The summed E-state index contributed by atoms with van der Waals surface area (Å²) < 4.78 is 5.13. The van der Waals surface area contributed by atoms with Crippen LogP contribution < -0.4 is 0 Å². The van der Waals surface area contributed by atoms with Crippen molar-refractivity contribution in [3.63, 3.8) is 0 Å². The van der Waals surface area contributed by atoms with Crippen LogP contribution >= 0.6 is 11.3 Å². The maximum absolute atomic E-state index is 2.43. The Labute approximate surface area is 235 Å². The van der Waals surface area contributed by atoms with E-state index < -0.39 is 0 Å². The molecule has 2 heteroatoms. The third-order valence-electron chi connectivity index (χ3n) is 8.38. The van der Waals surface area contributed by atoms with E-state index in [1.807, 2.05) is 11.3 Å². The fourth-order valence-corrected chi connectivity index (χ4v) is 7.77. The van der Waals surface area contributed by atoms with Crippen LogP contribution in [0.4, 0.5) is 0 Å². The van der Waals surface area contributed by atoms with Crippen LogP contribution in [0, 0.1) is 0 Å². The van der Waals surface area contributed by atoms with Gasteiger partial charge in [0, 0.05) is 36.6 Å². The van der Waals surface area contributed by atoms with Crippen molar-refractivity contribution in [3.8, 4) is 16.8 Å². The summed E-state index contributed by atoms with van der Waals surface area (Å²) in [7, 11) is 0. The third-order valence-corrected chi connectivity index (χ3v) is 9.52. The molecule has 2 aromatic heterocycles. The molecule has 0 unspecified atom stereocenters. The predicted octanol–water partition coefficient (Wildman–Crippen LogP) is 11.1. The van der Waals surface area contributed by atoms with E-state index >= 15 is 0 Å². The molecule has 2 heterocycles. The van der Waals surface area contributed by atoms with E-state index in [1.165, 1.54) is 80.3 Å². The van der Waals surface area contributed by atoms with Crippen LogP contribution in [0.3, 0.4) is 0 Å². The molecule has 9 aromatic rings. The summed E-state index contributed by atoms with van der Waals surface area (Å²) in [4.78, 5) is 0. The molecule has 0 aliphatic heterocycles. The number of thiophene rings is 1. The summed E-state index contributed by atoms with van der Waals surface area (Å²) in [5, 5.41) is 10.6. The molecule has 0 bridgehead atoms. The highest BCUT2D eigenvalue weighted by atomic mass is 32.1. The van der Waals surface area contributed by atoms with Gasteiger partial charge in [-0.3, -0.25) is 0 Å². The van der Waals surface area contributed by atoms with Crippen LogP contribution in [-0.4, -0.2) is 4.57 Å². The molecule has 0 saturated heterocycles. The van der Waals surface area contributed by atoms with Crippen molar-refractivity contribution < 1.29 is 0 Å². The fourth-order valence-electron chi connectivity index (χ4n) is 6.65. The topological polar surface area (TPSA) is 4.93 Å². The molecule has 186 valence electrons. The van der Waals surface area contributed by atoms with Gasteiger partial charge in [0.2, 0.25) is 0 Å². The molecule has 0 aliphatic carbocycles. The minimum atomic E-state index is 1.18.